The average molecular weight is 262 g/mol. The molecule has 0 aliphatic heterocycles. The van der Waals surface area contributed by atoms with Gasteiger partial charge in [0.15, 0.2) is 0 Å². The monoisotopic (exact) mass is 262 g/mol. The average Bonchev–Trinajstić information content (AvgIpc) is 3.29. The summed E-state index contributed by atoms with van der Waals surface area (Å²) in [7, 11) is 0. The Balaban J connectivity index is 1.75. The lowest BCUT2D eigenvalue weighted by Crippen LogP contribution is -2.36. The second kappa shape index (κ2) is 4.72. The Labute approximate surface area is 111 Å². The fourth-order valence-corrected chi connectivity index (χ4v) is 2.45. The van der Waals surface area contributed by atoms with Crippen molar-refractivity contribution in [2.75, 3.05) is 6.54 Å². The van der Waals surface area contributed by atoms with Crippen LogP contribution < -0.4 is 0 Å². The SMILES string of the molecule is O=C(O)CCN(C(=O)c1cccn1C1CC1)C1CC1. The number of carboxylic acids is 1. The van der Waals surface area contributed by atoms with Crippen LogP contribution in [-0.4, -0.2) is 39.0 Å². The smallest absolute Gasteiger partial charge is 0.305 e. The molecule has 2 aliphatic carbocycles. The van der Waals surface area contributed by atoms with E-state index in [4.69, 9.17) is 5.11 Å². The minimum Gasteiger partial charge on any atom is -0.481 e. The molecule has 1 amide bonds. The summed E-state index contributed by atoms with van der Waals surface area (Å²) in [4.78, 5) is 25.0. The van der Waals surface area contributed by atoms with Crippen molar-refractivity contribution in [1.29, 1.82) is 0 Å². The number of nitrogens with zero attached hydrogens (tertiary/aromatic N) is 2. The first-order valence-electron chi connectivity index (χ1n) is 6.86. The van der Waals surface area contributed by atoms with Crippen molar-refractivity contribution < 1.29 is 14.7 Å². The van der Waals surface area contributed by atoms with E-state index in [1.807, 2.05) is 22.9 Å². The molecule has 102 valence electrons. The molecule has 0 spiro atoms. The Bertz CT molecular complexity index is 501. The van der Waals surface area contributed by atoms with Gasteiger partial charge in [0.05, 0.1) is 6.42 Å². The molecule has 0 saturated heterocycles. The Morgan fingerprint density at radius 2 is 2.05 bits per heavy atom. The number of aliphatic carboxylic acids is 1. The van der Waals surface area contributed by atoms with E-state index < -0.39 is 5.97 Å². The van der Waals surface area contributed by atoms with Gasteiger partial charge in [0.1, 0.15) is 5.69 Å². The van der Waals surface area contributed by atoms with E-state index >= 15 is 0 Å². The first-order valence-corrected chi connectivity index (χ1v) is 6.86. The minimum absolute atomic E-state index is 0.0133. The van der Waals surface area contributed by atoms with Crippen LogP contribution in [-0.2, 0) is 4.79 Å². The molecule has 3 rings (SSSR count). The molecule has 2 saturated carbocycles. The number of carbonyl (C=O) groups is 2. The Hall–Kier alpha value is -1.78. The maximum atomic E-state index is 12.6. The summed E-state index contributed by atoms with van der Waals surface area (Å²) in [6, 6.07) is 4.45. The first-order chi connectivity index (χ1) is 9.16. The molecular formula is C14H18N2O3. The number of aromatic nitrogens is 1. The third kappa shape index (κ3) is 2.64. The van der Waals surface area contributed by atoms with E-state index in [0.717, 1.165) is 25.7 Å². The molecule has 2 aliphatic rings. The third-order valence-electron chi connectivity index (χ3n) is 3.75. The van der Waals surface area contributed by atoms with Gasteiger partial charge in [-0.15, -0.1) is 0 Å². The van der Waals surface area contributed by atoms with Gasteiger partial charge in [-0.05, 0) is 37.8 Å². The fraction of sp³-hybridized carbons (Fsp3) is 0.571. The Morgan fingerprint density at radius 1 is 1.32 bits per heavy atom. The summed E-state index contributed by atoms with van der Waals surface area (Å²) in [6.45, 7) is 0.314. The van der Waals surface area contributed by atoms with Crippen molar-refractivity contribution >= 4 is 11.9 Å². The quantitative estimate of drug-likeness (QED) is 0.851. The van der Waals surface area contributed by atoms with Gasteiger partial charge < -0.3 is 14.6 Å². The van der Waals surface area contributed by atoms with Crippen molar-refractivity contribution in [2.24, 2.45) is 0 Å². The second-order valence-corrected chi connectivity index (χ2v) is 5.41. The predicted octanol–water partition coefficient (Wildman–Crippen LogP) is 1.90. The van der Waals surface area contributed by atoms with Gasteiger partial charge in [-0.2, -0.15) is 0 Å². The summed E-state index contributed by atoms with van der Waals surface area (Å²) < 4.78 is 2.04. The van der Waals surface area contributed by atoms with Crippen molar-refractivity contribution in [1.82, 2.24) is 9.47 Å². The Kier molecular flexibility index (Phi) is 3.05. The zero-order valence-corrected chi connectivity index (χ0v) is 10.8. The zero-order chi connectivity index (χ0) is 13.4. The molecule has 1 N–H and O–H groups in total. The second-order valence-electron chi connectivity index (χ2n) is 5.41. The number of amides is 1. The molecule has 5 nitrogen and oxygen atoms in total. The van der Waals surface area contributed by atoms with Gasteiger partial charge >= 0.3 is 5.97 Å². The Morgan fingerprint density at radius 3 is 2.63 bits per heavy atom. The van der Waals surface area contributed by atoms with E-state index in [1.165, 1.54) is 0 Å². The van der Waals surface area contributed by atoms with Gasteiger partial charge in [0.25, 0.3) is 5.91 Å². The van der Waals surface area contributed by atoms with Gasteiger partial charge in [-0.25, -0.2) is 0 Å². The van der Waals surface area contributed by atoms with E-state index in [9.17, 15) is 9.59 Å². The maximum Gasteiger partial charge on any atom is 0.305 e. The summed E-state index contributed by atoms with van der Waals surface area (Å²) in [5.41, 5.74) is 0.708. The van der Waals surface area contributed by atoms with E-state index in [0.29, 0.717) is 18.3 Å². The number of carboxylic acid groups (broad SMARTS) is 1. The molecule has 1 heterocycles. The first kappa shape index (κ1) is 12.3. The van der Waals surface area contributed by atoms with Crippen LogP contribution in [0, 0.1) is 0 Å². The van der Waals surface area contributed by atoms with Crippen LogP contribution in [0.2, 0.25) is 0 Å². The molecule has 1 aromatic heterocycles. The van der Waals surface area contributed by atoms with Crippen LogP contribution in [0.15, 0.2) is 18.3 Å². The van der Waals surface area contributed by atoms with Gasteiger partial charge in [-0.1, -0.05) is 0 Å². The highest BCUT2D eigenvalue weighted by atomic mass is 16.4. The number of carbonyl (C=O) groups excluding carboxylic acids is 1. The lowest BCUT2D eigenvalue weighted by Gasteiger charge is -2.22. The third-order valence-corrected chi connectivity index (χ3v) is 3.75. The fourth-order valence-electron chi connectivity index (χ4n) is 2.45. The molecule has 0 bridgehead atoms. The van der Waals surface area contributed by atoms with Crippen LogP contribution in [0.3, 0.4) is 0 Å². The highest BCUT2D eigenvalue weighted by molar-refractivity contribution is 5.93. The van der Waals surface area contributed by atoms with Gasteiger partial charge in [-0.3, -0.25) is 9.59 Å². The lowest BCUT2D eigenvalue weighted by molar-refractivity contribution is -0.137. The number of hydrogen-bond donors (Lipinski definition) is 1. The van der Waals surface area contributed by atoms with Gasteiger partial charge in [0, 0.05) is 24.8 Å². The van der Waals surface area contributed by atoms with E-state index in [1.54, 1.807) is 4.90 Å². The van der Waals surface area contributed by atoms with Crippen molar-refractivity contribution in [3.05, 3.63) is 24.0 Å². The highest BCUT2D eigenvalue weighted by Gasteiger charge is 2.35. The lowest BCUT2D eigenvalue weighted by atomic mass is 10.3. The standard InChI is InChI=1S/C14H18N2O3/c17-13(18)7-9-16(11-5-6-11)14(19)12-2-1-8-15(12)10-3-4-10/h1-2,8,10-11H,3-7,9H2,(H,17,18). The molecule has 1 aromatic rings. The zero-order valence-electron chi connectivity index (χ0n) is 10.8. The van der Waals surface area contributed by atoms with Crippen molar-refractivity contribution in [3.8, 4) is 0 Å². The summed E-state index contributed by atoms with van der Waals surface area (Å²) in [6.07, 6.45) is 6.23. The maximum absolute atomic E-state index is 12.6. The summed E-state index contributed by atoms with van der Waals surface area (Å²) in [5.74, 6) is -0.864. The van der Waals surface area contributed by atoms with E-state index in [-0.39, 0.29) is 18.4 Å². The normalized spacial score (nSPS) is 18.3. The van der Waals surface area contributed by atoms with Crippen molar-refractivity contribution in [2.45, 2.75) is 44.2 Å². The van der Waals surface area contributed by atoms with Crippen LogP contribution in [0.1, 0.15) is 48.6 Å². The molecule has 0 radical (unpaired) electrons. The molecule has 2 fully saturated rings. The molecule has 5 heteroatoms. The predicted molar refractivity (Wildman–Crippen MR) is 69.0 cm³/mol. The number of hydrogen-bond acceptors (Lipinski definition) is 2. The van der Waals surface area contributed by atoms with E-state index in [2.05, 4.69) is 0 Å². The number of rotatable bonds is 6. The topological polar surface area (TPSA) is 62.5 Å². The van der Waals surface area contributed by atoms with Crippen LogP contribution in [0.5, 0.6) is 0 Å². The molecule has 0 aromatic carbocycles. The van der Waals surface area contributed by atoms with Crippen LogP contribution in [0.25, 0.3) is 0 Å². The van der Waals surface area contributed by atoms with Crippen molar-refractivity contribution in [3.63, 3.8) is 0 Å². The molecular weight excluding hydrogens is 244 g/mol. The summed E-state index contributed by atoms with van der Waals surface area (Å²) >= 11 is 0. The summed E-state index contributed by atoms with van der Waals surface area (Å²) in [5, 5.41) is 8.79. The van der Waals surface area contributed by atoms with Crippen LogP contribution >= 0.6 is 0 Å². The largest absolute Gasteiger partial charge is 0.481 e. The van der Waals surface area contributed by atoms with Crippen LogP contribution in [0.4, 0.5) is 0 Å². The molecule has 19 heavy (non-hydrogen) atoms. The van der Waals surface area contributed by atoms with Gasteiger partial charge in [0.2, 0.25) is 0 Å². The minimum atomic E-state index is -0.851. The highest BCUT2D eigenvalue weighted by Crippen LogP contribution is 2.37. The molecule has 0 unspecified atom stereocenters. The molecule has 0 atom stereocenters.